The number of aryl methyl sites for hydroxylation is 1. The molecule has 0 saturated carbocycles. The van der Waals surface area contributed by atoms with Crippen LogP contribution in [0.5, 0.6) is 0 Å². The average Bonchev–Trinajstić information content (AvgIpc) is 2.43. The van der Waals surface area contributed by atoms with Gasteiger partial charge in [0, 0.05) is 12.6 Å². The van der Waals surface area contributed by atoms with Gasteiger partial charge in [-0.2, -0.15) is 0 Å². The summed E-state index contributed by atoms with van der Waals surface area (Å²) < 4.78 is 39.4. The van der Waals surface area contributed by atoms with Crippen LogP contribution in [0.15, 0.2) is 36.4 Å². The molecule has 0 spiro atoms. The zero-order valence-corrected chi connectivity index (χ0v) is 11.4. The lowest BCUT2D eigenvalue weighted by molar-refractivity contribution is 0.500. The van der Waals surface area contributed by atoms with E-state index < -0.39 is 11.6 Å². The molecule has 2 rings (SSSR count). The fourth-order valence-electron chi connectivity index (χ4n) is 1.92. The van der Waals surface area contributed by atoms with E-state index in [0.29, 0.717) is 17.7 Å². The molecule has 0 fully saturated rings. The van der Waals surface area contributed by atoms with Crippen LogP contribution in [0.3, 0.4) is 0 Å². The SMILES string of the molecule is Cc1ccc(CNC(C)c2ccc(F)c(F)c2)cc1F. The molecule has 2 aromatic rings. The van der Waals surface area contributed by atoms with Gasteiger partial charge in [-0.05, 0) is 48.7 Å². The van der Waals surface area contributed by atoms with Crippen molar-refractivity contribution in [2.45, 2.75) is 26.4 Å². The van der Waals surface area contributed by atoms with Gasteiger partial charge in [0.2, 0.25) is 0 Å². The minimum atomic E-state index is -0.863. The van der Waals surface area contributed by atoms with Gasteiger partial charge in [-0.25, -0.2) is 13.2 Å². The van der Waals surface area contributed by atoms with Crippen molar-refractivity contribution in [3.63, 3.8) is 0 Å². The first kappa shape index (κ1) is 14.6. The van der Waals surface area contributed by atoms with Crippen LogP contribution in [0.25, 0.3) is 0 Å². The largest absolute Gasteiger partial charge is 0.306 e. The molecule has 0 heterocycles. The van der Waals surface area contributed by atoms with Crippen molar-refractivity contribution in [2.75, 3.05) is 0 Å². The van der Waals surface area contributed by atoms with Crippen molar-refractivity contribution in [3.05, 3.63) is 70.5 Å². The third-order valence-corrected chi connectivity index (χ3v) is 3.29. The van der Waals surface area contributed by atoms with Crippen molar-refractivity contribution in [3.8, 4) is 0 Å². The van der Waals surface area contributed by atoms with Crippen LogP contribution in [-0.2, 0) is 6.54 Å². The van der Waals surface area contributed by atoms with E-state index in [1.54, 1.807) is 13.0 Å². The third kappa shape index (κ3) is 3.39. The van der Waals surface area contributed by atoms with Gasteiger partial charge in [0.1, 0.15) is 5.82 Å². The monoisotopic (exact) mass is 279 g/mol. The second-order valence-corrected chi connectivity index (χ2v) is 4.86. The Labute approximate surface area is 116 Å². The maximum Gasteiger partial charge on any atom is 0.159 e. The van der Waals surface area contributed by atoms with Crippen LogP contribution in [-0.4, -0.2) is 0 Å². The third-order valence-electron chi connectivity index (χ3n) is 3.29. The van der Waals surface area contributed by atoms with Gasteiger partial charge in [0.15, 0.2) is 11.6 Å². The highest BCUT2D eigenvalue weighted by atomic mass is 19.2. The van der Waals surface area contributed by atoms with Gasteiger partial charge in [0.25, 0.3) is 0 Å². The van der Waals surface area contributed by atoms with E-state index in [9.17, 15) is 13.2 Å². The Morgan fingerprint density at radius 2 is 1.70 bits per heavy atom. The highest BCUT2D eigenvalue weighted by molar-refractivity contribution is 5.24. The molecule has 4 heteroatoms. The van der Waals surface area contributed by atoms with E-state index in [2.05, 4.69) is 5.32 Å². The summed E-state index contributed by atoms with van der Waals surface area (Å²) in [7, 11) is 0. The van der Waals surface area contributed by atoms with Crippen molar-refractivity contribution in [2.24, 2.45) is 0 Å². The quantitative estimate of drug-likeness (QED) is 0.881. The molecular weight excluding hydrogens is 263 g/mol. The molecule has 0 aliphatic carbocycles. The first-order valence-electron chi connectivity index (χ1n) is 6.40. The molecule has 1 unspecified atom stereocenters. The molecule has 0 aromatic heterocycles. The number of hydrogen-bond donors (Lipinski definition) is 1. The van der Waals surface area contributed by atoms with Crippen molar-refractivity contribution < 1.29 is 13.2 Å². The van der Waals surface area contributed by atoms with Crippen LogP contribution < -0.4 is 5.32 Å². The summed E-state index contributed by atoms with van der Waals surface area (Å²) in [4.78, 5) is 0. The zero-order chi connectivity index (χ0) is 14.7. The van der Waals surface area contributed by atoms with Crippen LogP contribution in [0.1, 0.15) is 29.7 Å². The standard InChI is InChI=1S/C16H16F3N/c1-10-3-4-12(7-15(10)18)9-20-11(2)13-5-6-14(17)16(19)8-13/h3-8,11,20H,9H2,1-2H3. The van der Waals surface area contributed by atoms with Crippen molar-refractivity contribution in [1.82, 2.24) is 5.32 Å². The maximum absolute atomic E-state index is 13.4. The topological polar surface area (TPSA) is 12.0 Å². The Bertz CT molecular complexity index is 611. The van der Waals surface area contributed by atoms with Crippen LogP contribution in [0.2, 0.25) is 0 Å². The molecule has 0 radical (unpaired) electrons. The summed E-state index contributed by atoms with van der Waals surface area (Å²) in [6.45, 7) is 4.01. The Balaban J connectivity index is 2.02. The predicted octanol–water partition coefficient (Wildman–Crippen LogP) is 4.26. The second kappa shape index (κ2) is 6.09. The zero-order valence-electron chi connectivity index (χ0n) is 11.4. The lowest BCUT2D eigenvalue weighted by Crippen LogP contribution is -2.18. The molecule has 1 N–H and O–H groups in total. The first-order chi connectivity index (χ1) is 9.47. The van der Waals surface area contributed by atoms with Crippen LogP contribution in [0.4, 0.5) is 13.2 Å². The highest BCUT2D eigenvalue weighted by Crippen LogP contribution is 2.17. The summed E-state index contributed by atoms with van der Waals surface area (Å²) in [5.41, 5.74) is 2.06. The first-order valence-corrected chi connectivity index (χ1v) is 6.40. The summed E-state index contributed by atoms with van der Waals surface area (Å²) in [6.07, 6.45) is 0. The smallest absolute Gasteiger partial charge is 0.159 e. The molecule has 0 bridgehead atoms. The lowest BCUT2D eigenvalue weighted by Gasteiger charge is -2.15. The Morgan fingerprint density at radius 1 is 0.950 bits per heavy atom. The maximum atomic E-state index is 13.4. The van der Waals surface area contributed by atoms with E-state index >= 15 is 0 Å². The molecule has 0 amide bonds. The van der Waals surface area contributed by atoms with E-state index in [1.807, 2.05) is 13.0 Å². The van der Waals surface area contributed by atoms with E-state index in [-0.39, 0.29) is 11.9 Å². The fraction of sp³-hybridized carbons (Fsp3) is 0.250. The van der Waals surface area contributed by atoms with Crippen LogP contribution in [0, 0.1) is 24.4 Å². The number of benzene rings is 2. The normalized spacial score (nSPS) is 12.4. The van der Waals surface area contributed by atoms with Crippen molar-refractivity contribution in [1.29, 1.82) is 0 Å². The number of halogens is 3. The lowest BCUT2D eigenvalue weighted by atomic mass is 10.1. The van der Waals surface area contributed by atoms with Gasteiger partial charge >= 0.3 is 0 Å². The van der Waals surface area contributed by atoms with Gasteiger partial charge in [-0.15, -0.1) is 0 Å². The second-order valence-electron chi connectivity index (χ2n) is 4.86. The van der Waals surface area contributed by atoms with E-state index in [4.69, 9.17) is 0 Å². The van der Waals surface area contributed by atoms with Gasteiger partial charge in [-0.1, -0.05) is 18.2 Å². The molecule has 0 aliphatic rings. The van der Waals surface area contributed by atoms with Gasteiger partial charge in [-0.3, -0.25) is 0 Å². The number of rotatable bonds is 4. The van der Waals surface area contributed by atoms with Crippen LogP contribution >= 0.6 is 0 Å². The Kier molecular flexibility index (Phi) is 4.45. The summed E-state index contributed by atoms with van der Waals surface area (Å²) in [6, 6.07) is 8.68. The molecule has 106 valence electrons. The molecule has 2 aromatic carbocycles. The summed E-state index contributed by atoms with van der Waals surface area (Å²) in [5, 5.41) is 3.15. The Hall–Kier alpha value is -1.81. The minimum Gasteiger partial charge on any atom is -0.306 e. The Morgan fingerprint density at radius 3 is 2.35 bits per heavy atom. The number of hydrogen-bond acceptors (Lipinski definition) is 1. The predicted molar refractivity (Wildman–Crippen MR) is 72.7 cm³/mol. The molecular formula is C16H16F3N. The highest BCUT2D eigenvalue weighted by Gasteiger charge is 2.09. The van der Waals surface area contributed by atoms with Gasteiger partial charge < -0.3 is 5.32 Å². The van der Waals surface area contributed by atoms with E-state index in [1.165, 1.54) is 18.2 Å². The molecule has 1 nitrogen and oxygen atoms in total. The molecule has 20 heavy (non-hydrogen) atoms. The molecule has 1 atom stereocenters. The average molecular weight is 279 g/mol. The van der Waals surface area contributed by atoms with Crippen molar-refractivity contribution >= 4 is 0 Å². The summed E-state index contributed by atoms with van der Waals surface area (Å²) >= 11 is 0. The molecule has 0 aliphatic heterocycles. The van der Waals surface area contributed by atoms with E-state index in [0.717, 1.165) is 11.6 Å². The van der Waals surface area contributed by atoms with Gasteiger partial charge in [0.05, 0.1) is 0 Å². The number of nitrogens with one attached hydrogen (secondary N) is 1. The summed E-state index contributed by atoms with van der Waals surface area (Å²) in [5.74, 6) is -1.97. The fourth-order valence-corrected chi connectivity index (χ4v) is 1.92. The molecule has 0 saturated heterocycles. The minimum absolute atomic E-state index is 0.158.